The van der Waals surface area contributed by atoms with Gasteiger partial charge in [0, 0.05) is 38.0 Å². The molecule has 2 heterocycles. The molecule has 0 amide bonds. The summed E-state index contributed by atoms with van der Waals surface area (Å²) in [7, 11) is -3.28. The van der Waals surface area contributed by atoms with Crippen LogP contribution in [0.5, 0.6) is 0 Å². The van der Waals surface area contributed by atoms with Gasteiger partial charge >= 0.3 is 0 Å². The number of benzene rings is 6. The summed E-state index contributed by atoms with van der Waals surface area (Å²) in [6.45, 7) is 0. The third kappa shape index (κ3) is 2.77. The van der Waals surface area contributed by atoms with E-state index in [0.29, 0.717) is 0 Å². The van der Waals surface area contributed by atoms with Gasteiger partial charge < -0.3 is 4.57 Å². The summed E-state index contributed by atoms with van der Waals surface area (Å²) in [5.74, 6) is 0. The SMILES string of the molecule is O=P1(c2ccccc2)c2ccccc2-c2c(c3nnccc3c3ccccc23)-c2c1ccc1ccccc21. The molecule has 0 spiro atoms. The second-order valence-electron chi connectivity index (χ2n) is 9.73. The molecule has 1 aromatic heterocycles. The Hall–Kier alpha value is -4.59. The first-order valence-electron chi connectivity index (χ1n) is 12.7. The number of aromatic nitrogens is 2. The van der Waals surface area contributed by atoms with Crippen LogP contribution in [0.2, 0.25) is 0 Å². The van der Waals surface area contributed by atoms with Crippen LogP contribution in [0.15, 0.2) is 128 Å². The number of hydrogen-bond acceptors (Lipinski definition) is 3. The number of nitrogens with zero attached hydrogens (tertiary/aromatic N) is 2. The van der Waals surface area contributed by atoms with Crippen molar-refractivity contribution < 1.29 is 4.57 Å². The molecule has 0 fully saturated rings. The summed E-state index contributed by atoms with van der Waals surface area (Å²) in [5, 5.41) is 17.1. The molecular weight excluding hydrogens is 483 g/mol. The largest absolute Gasteiger partial charge is 0.309 e. The molecule has 0 aliphatic carbocycles. The maximum Gasteiger partial charge on any atom is 0.172 e. The van der Waals surface area contributed by atoms with Crippen molar-refractivity contribution in [3.8, 4) is 22.3 Å². The maximum atomic E-state index is 15.8. The summed E-state index contributed by atoms with van der Waals surface area (Å²) < 4.78 is 15.8. The summed E-state index contributed by atoms with van der Waals surface area (Å²) in [6, 6.07) is 41.2. The van der Waals surface area contributed by atoms with E-state index in [1.165, 1.54) is 0 Å². The molecule has 0 saturated heterocycles. The molecule has 4 heteroatoms. The van der Waals surface area contributed by atoms with Crippen molar-refractivity contribution in [2.75, 3.05) is 0 Å². The average molecular weight is 505 g/mol. The van der Waals surface area contributed by atoms with Gasteiger partial charge in [0.2, 0.25) is 0 Å². The Bertz CT molecular complexity index is 2120. The van der Waals surface area contributed by atoms with E-state index in [-0.39, 0.29) is 0 Å². The highest BCUT2D eigenvalue weighted by Gasteiger charge is 2.39. The Kier molecular flexibility index (Phi) is 4.50. The molecule has 6 aromatic carbocycles. The lowest BCUT2D eigenvalue weighted by Crippen LogP contribution is -2.26. The van der Waals surface area contributed by atoms with Crippen LogP contribution >= 0.6 is 7.14 Å². The van der Waals surface area contributed by atoms with Crippen molar-refractivity contribution in [1.29, 1.82) is 0 Å². The van der Waals surface area contributed by atoms with Crippen LogP contribution in [0.3, 0.4) is 0 Å². The van der Waals surface area contributed by atoms with Crippen molar-refractivity contribution in [3.63, 3.8) is 0 Å². The molecule has 3 nitrogen and oxygen atoms in total. The zero-order chi connectivity index (χ0) is 25.3. The molecule has 0 N–H and O–H groups in total. The molecule has 38 heavy (non-hydrogen) atoms. The molecule has 1 unspecified atom stereocenters. The molecule has 8 rings (SSSR count). The van der Waals surface area contributed by atoms with E-state index in [0.717, 1.165) is 70.6 Å². The van der Waals surface area contributed by atoms with Gasteiger partial charge in [-0.2, -0.15) is 5.10 Å². The molecule has 1 atom stereocenters. The van der Waals surface area contributed by atoms with Crippen molar-refractivity contribution in [2.45, 2.75) is 0 Å². The molecule has 0 bridgehead atoms. The fraction of sp³-hybridized carbons (Fsp3) is 0. The quantitative estimate of drug-likeness (QED) is 0.175. The van der Waals surface area contributed by atoms with E-state index < -0.39 is 7.14 Å². The highest BCUT2D eigenvalue weighted by atomic mass is 31.2. The summed E-state index contributed by atoms with van der Waals surface area (Å²) in [6.07, 6.45) is 1.75. The summed E-state index contributed by atoms with van der Waals surface area (Å²) in [5.41, 5.74) is 4.86. The predicted molar refractivity (Wildman–Crippen MR) is 158 cm³/mol. The standard InChI is InChI=1S/C34H21N2OP/c37-38(23-11-2-1-3-12-23)29-17-9-8-16-28(29)31-26-15-7-6-14-25(26)27-20-21-35-36-34(27)33(31)32-24-13-5-4-10-22(24)18-19-30(32)38/h1-21H. The first kappa shape index (κ1) is 21.5. The van der Waals surface area contributed by atoms with Crippen LogP contribution < -0.4 is 15.9 Å². The van der Waals surface area contributed by atoms with E-state index in [1.54, 1.807) is 6.20 Å². The molecular formula is C34H21N2OP. The maximum absolute atomic E-state index is 15.8. The van der Waals surface area contributed by atoms with Crippen molar-refractivity contribution in [1.82, 2.24) is 10.2 Å². The van der Waals surface area contributed by atoms with Crippen molar-refractivity contribution in [3.05, 3.63) is 128 Å². The van der Waals surface area contributed by atoms with Crippen LogP contribution in [0.1, 0.15) is 0 Å². The Labute approximate surface area is 219 Å². The third-order valence-corrected chi connectivity index (χ3v) is 11.0. The molecule has 0 radical (unpaired) electrons. The molecule has 0 saturated carbocycles. The normalized spacial score (nSPS) is 16.1. The van der Waals surface area contributed by atoms with E-state index in [1.807, 2.05) is 54.6 Å². The van der Waals surface area contributed by atoms with Crippen molar-refractivity contribution in [2.24, 2.45) is 0 Å². The highest BCUT2D eigenvalue weighted by molar-refractivity contribution is 7.85. The Morgan fingerprint density at radius 2 is 1.21 bits per heavy atom. The van der Waals surface area contributed by atoms with Crippen LogP contribution in [-0.2, 0) is 4.57 Å². The predicted octanol–water partition coefficient (Wildman–Crippen LogP) is 7.22. The number of hydrogen-bond donors (Lipinski definition) is 0. The Balaban J connectivity index is 1.73. The van der Waals surface area contributed by atoms with Gasteiger partial charge in [-0.3, -0.25) is 0 Å². The van der Waals surface area contributed by atoms with Crippen LogP contribution in [0.4, 0.5) is 0 Å². The van der Waals surface area contributed by atoms with Gasteiger partial charge in [-0.25, -0.2) is 0 Å². The number of rotatable bonds is 1. The van der Waals surface area contributed by atoms with Gasteiger partial charge in [-0.15, -0.1) is 5.10 Å². The van der Waals surface area contributed by atoms with E-state index >= 15 is 4.57 Å². The van der Waals surface area contributed by atoms with Crippen LogP contribution in [0.25, 0.3) is 54.7 Å². The number of fused-ring (bicyclic) bond motifs is 12. The van der Waals surface area contributed by atoms with Gasteiger partial charge in [0.1, 0.15) is 5.52 Å². The van der Waals surface area contributed by atoms with Gasteiger partial charge in [0.15, 0.2) is 7.14 Å². The lowest BCUT2D eigenvalue weighted by Gasteiger charge is -2.23. The van der Waals surface area contributed by atoms with E-state index in [2.05, 4.69) is 71.8 Å². The minimum Gasteiger partial charge on any atom is -0.309 e. The van der Waals surface area contributed by atoms with E-state index in [4.69, 9.17) is 5.10 Å². The van der Waals surface area contributed by atoms with Crippen LogP contribution in [-0.4, -0.2) is 10.2 Å². The summed E-state index contributed by atoms with van der Waals surface area (Å²) >= 11 is 0. The molecule has 178 valence electrons. The van der Waals surface area contributed by atoms with E-state index in [9.17, 15) is 0 Å². The first-order chi connectivity index (χ1) is 18.8. The van der Waals surface area contributed by atoms with Gasteiger partial charge in [0.05, 0.1) is 6.20 Å². The average Bonchev–Trinajstić information content (AvgIpc) is 3.10. The zero-order valence-corrected chi connectivity index (χ0v) is 21.3. The van der Waals surface area contributed by atoms with Crippen molar-refractivity contribution >= 4 is 55.5 Å². The Morgan fingerprint density at radius 3 is 2.08 bits per heavy atom. The van der Waals surface area contributed by atoms with Gasteiger partial charge in [-0.05, 0) is 39.2 Å². The first-order valence-corrected chi connectivity index (χ1v) is 14.4. The zero-order valence-electron chi connectivity index (χ0n) is 20.4. The highest BCUT2D eigenvalue weighted by Crippen LogP contribution is 2.55. The monoisotopic (exact) mass is 504 g/mol. The minimum absolute atomic E-state index is 0.829. The lowest BCUT2D eigenvalue weighted by molar-refractivity contribution is 0.592. The van der Waals surface area contributed by atoms with Gasteiger partial charge in [-0.1, -0.05) is 109 Å². The lowest BCUT2D eigenvalue weighted by atomic mass is 9.85. The molecule has 7 aromatic rings. The third-order valence-electron chi connectivity index (χ3n) is 7.82. The van der Waals surface area contributed by atoms with Crippen LogP contribution in [0, 0.1) is 0 Å². The topological polar surface area (TPSA) is 42.9 Å². The molecule has 1 aliphatic rings. The van der Waals surface area contributed by atoms with Gasteiger partial charge in [0.25, 0.3) is 0 Å². The summed E-state index contributed by atoms with van der Waals surface area (Å²) in [4.78, 5) is 0. The fourth-order valence-corrected chi connectivity index (χ4v) is 9.30. The minimum atomic E-state index is -3.28. The fourth-order valence-electron chi connectivity index (χ4n) is 6.24. The molecule has 1 aliphatic heterocycles. The second kappa shape index (κ2) is 7.95. The smallest absolute Gasteiger partial charge is 0.172 e. The second-order valence-corrected chi connectivity index (χ2v) is 12.4. The Morgan fingerprint density at radius 1 is 0.500 bits per heavy atom.